The van der Waals surface area contributed by atoms with E-state index in [0.29, 0.717) is 112 Å². The Labute approximate surface area is 530 Å². The van der Waals surface area contributed by atoms with Crippen molar-refractivity contribution >= 4 is 146 Å². The minimum atomic E-state index is -3.23. The maximum atomic E-state index is 11.9. The standard InChI is InChI=1S/C20H22ClN9O2S.C20H20ClN7O.C19H19ClN8/c1-12(26-19-16-18(23-10-22-16)24-11-25-19)17-27-14-5-3-4-13(21)15(14)20(28-17)29-6-8-30(9-7-29)33(2,31)32;1-12(26-19-17-18(23-10-22-17)24-11-25-19)15-9-13-3-2-4-14(21)16(13)20(27-15)28-5-7-29-8-6-28;1-11(25-18-15-17(22-9-21-15)23-10-24-18)16-26-13-6-4-5-12(20)14(13)19(27-16)28-7-2-3-8-28/h3-5,10-12H,6-9H2,1-2H3,(H2,22,23,24,25,26);2-4,9-12H,5-8H2,1H3,(H2,22,23,24,25,26);4-6,9-11H,2-3,7-8H2,1H3,(H2,21,22,23,24,25)/t2*12-;11-/m000/s1. The molecule has 0 saturated carbocycles. The fourth-order valence-corrected chi connectivity index (χ4v) is 12.8. The van der Waals surface area contributed by atoms with E-state index in [2.05, 4.69) is 110 Å². The van der Waals surface area contributed by atoms with Crippen LogP contribution in [0.3, 0.4) is 0 Å². The van der Waals surface area contributed by atoms with E-state index in [-0.39, 0.29) is 18.1 Å². The van der Waals surface area contributed by atoms with Gasteiger partial charge in [-0.15, -0.1) is 0 Å². The van der Waals surface area contributed by atoms with E-state index in [4.69, 9.17) is 64.5 Å². The van der Waals surface area contributed by atoms with Gasteiger partial charge in [0.15, 0.2) is 46.0 Å². The molecule has 90 heavy (non-hydrogen) atoms. The summed E-state index contributed by atoms with van der Waals surface area (Å²) in [6.45, 7) is 12.7. The molecule has 27 nitrogen and oxygen atoms in total. The molecule has 15 rings (SSSR count). The van der Waals surface area contributed by atoms with Gasteiger partial charge in [0, 0.05) is 57.7 Å². The Morgan fingerprint density at radius 2 is 0.911 bits per heavy atom. The van der Waals surface area contributed by atoms with Gasteiger partial charge in [0.1, 0.15) is 53.0 Å². The molecule has 3 aliphatic heterocycles. The second-order valence-electron chi connectivity index (χ2n) is 21.8. The van der Waals surface area contributed by atoms with Crippen LogP contribution < -0.4 is 30.7 Å². The number of sulfonamides is 1. The number of fused-ring (bicyclic) bond motifs is 6. The zero-order valence-corrected chi connectivity index (χ0v) is 52.4. The van der Waals surface area contributed by atoms with Crippen LogP contribution in [0.1, 0.15) is 69.1 Å². The lowest BCUT2D eigenvalue weighted by Crippen LogP contribution is -2.48. The number of H-pyrrole nitrogens is 3. The number of morpholine rings is 1. The number of aromatic nitrogens is 17. The van der Waals surface area contributed by atoms with Crippen LogP contribution in [0.4, 0.5) is 34.9 Å². The minimum Gasteiger partial charge on any atom is -0.378 e. The number of halogens is 3. The first-order chi connectivity index (χ1) is 43.7. The number of benzene rings is 3. The van der Waals surface area contributed by atoms with Crippen LogP contribution >= 0.6 is 34.8 Å². The molecule has 31 heteroatoms. The highest BCUT2D eigenvalue weighted by Gasteiger charge is 2.29. The molecule has 0 unspecified atom stereocenters. The average Bonchev–Trinajstić information content (AvgIpc) is 1.24. The van der Waals surface area contributed by atoms with Gasteiger partial charge in [0.05, 0.1) is 99.1 Å². The highest BCUT2D eigenvalue weighted by molar-refractivity contribution is 7.88. The third-order valence-electron chi connectivity index (χ3n) is 15.8. The summed E-state index contributed by atoms with van der Waals surface area (Å²) in [5.41, 5.74) is 6.52. The third-order valence-corrected chi connectivity index (χ3v) is 18.1. The smallest absolute Gasteiger partial charge is 0.211 e. The van der Waals surface area contributed by atoms with Crippen molar-refractivity contribution in [1.82, 2.24) is 89.0 Å². The highest BCUT2D eigenvalue weighted by Crippen LogP contribution is 2.38. The zero-order valence-electron chi connectivity index (χ0n) is 49.3. The Morgan fingerprint density at radius 3 is 1.39 bits per heavy atom. The maximum absolute atomic E-state index is 11.9. The first-order valence-corrected chi connectivity index (χ1v) is 32.2. The molecule has 3 saturated heterocycles. The molecule has 12 heterocycles. The van der Waals surface area contributed by atoms with Gasteiger partial charge in [-0.1, -0.05) is 59.1 Å². The van der Waals surface area contributed by atoms with E-state index in [1.165, 1.54) is 29.5 Å². The van der Waals surface area contributed by atoms with Crippen LogP contribution in [0.15, 0.2) is 98.6 Å². The van der Waals surface area contributed by atoms with Crippen LogP contribution in [0, 0.1) is 0 Å². The van der Waals surface area contributed by atoms with E-state index in [9.17, 15) is 8.42 Å². The molecule has 3 aliphatic rings. The molecule has 6 N–H and O–H groups in total. The molecular formula is C59H61Cl3N24O3S. The summed E-state index contributed by atoms with van der Waals surface area (Å²) in [7, 11) is -3.23. The monoisotopic (exact) mass is 1290 g/mol. The molecule has 0 radical (unpaired) electrons. The normalized spacial score (nSPS) is 15.9. The van der Waals surface area contributed by atoms with Gasteiger partial charge in [0.2, 0.25) is 10.0 Å². The lowest BCUT2D eigenvalue weighted by atomic mass is 10.1. The quantitative estimate of drug-likeness (QED) is 0.0625. The van der Waals surface area contributed by atoms with Crippen molar-refractivity contribution in [3.63, 3.8) is 0 Å². The van der Waals surface area contributed by atoms with Gasteiger partial charge < -0.3 is 50.3 Å². The van der Waals surface area contributed by atoms with E-state index < -0.39 is 10.0 Å². The lowest BCUT2D eigenvalue weighted by Gasteiger charge is -2.34. The van der Waals surface area contributed by atoms with Gasteiger partial charge in [-0.2, -0.15) is 4.31 Å². The van der Waals surface area contributed by atoms with Gasteiger partial charge in [-0.25, -0.2) is 78.2 Å². The summed E-state index contributed by atoms with van der Waals surface area (Å²) < 4.78 is 30.8. The van der Waals surface area contributed by atoms with Crippen LogP contribution in [-0.2, 0) is 14.8 Å². The Bertz CT molecular complexity index is 4690. The molecule has 3 fully saturated rings. The predicted molar refractivity (Wildman–Crippen MR) is 350 cm³/mol. The summed E-state index contributed by atoms with van der Waals surface area (Å²) >= 11 is 19.6. The molecule has 462 valence electrons. The third kappa shape index (κ3) is 12.5. The van der Waals surface area contributed by atoms with Gasteiger partial charge in [-0.05, 0) is 75.4 Å². The largest absolute Gasteiger partial charge is 0.378 e. The molecule has 3 atom stereocenters. The topological polar surface area (TPSA) is 320 Å². The van der Waals surface area contributed by atoms with E-state index in [1.54, 1.807) is 25.0 Å². The molecule has 12 aromatic rings. The summed E-state index contributed by atoms with van der Waals surface area (Å²) in [6.07, 6.45) is 12.8. The number of piperazine rings is 1. The van der Waals surface area contributed by atoms with Crippen LogP contribution in [0.5, 0.6) is 0 Å². The number of aromatic amines is 3. The second kappa shape index (κ2) is 25.8. The molecule has 3 aromatic carbocycles. The summed E-state index contributed by atoms with van der Waals surface area (Å²) in [6, 6.07) is 18.8. The van der Waals surface area contributed by atoms with Crippen LogP contribution in [0.25, 0.3) is 66.1 Å². The maximum Gasteiger partial charge on any atom is 0.211 e. The zero-order chi connectivity index (χ0) is 62.0. The van der Waals surface area contributed by atoms with Gasteiger partial charge in [-0.3, -0.25) is 0 Å². The second-order valence-corrected chi connectivity index (χ2v) is 25.0. The average molecular weight is 1290 g/mol. The van der Waals surface area contributed by atoms with Crippen LogP contribution in [-0.4, -0.2) is 169 Å². The fourth-order valence-electron chi connectivity index (χ4n) is 11.2. The van der Waals surface area contributed by atoms with E-state index >= 15 is 0 Å². The molecule has 0 aliphatic carbocycles. The van der Waals surface area contributed by atoms with Crippen molar-refractivity contribution in [3.8, 4) is 0 Å². The van der Waals surface area contributed by atoms with Crippen molar-refractivity contribution in [2.45, 2.75) is 51.7 Å². The molecule has 0 bridgehead atoms. The number of anilines is 6. The number of nitrogens with one attached hydrogen (secondary N) is 6. The Morgan fingerprint density at radius 1 is 0.489 bits per heavy atom. The number of rotatable bonds is 13. The van der Waals surface area contributed by atoms with E-state index in [0.717, 1.165) is 100.0 Å². The fraction of sp³-hybridized carbons (Fsp3) is 0.322. The number of ether oxygens (including phenoxy) is 1. The van der Waals surface area contributed by atoms with Gasteiger partial charge in [0.25, 0.3) is 0 Å². The Hall–Kier alpha value is -9.06. The summed E-state index contributed by atoms with van der Waals surface area (Å²) in [4.78, 5) is 78.1. The number of hydrogen-bond acceptors (Lipinski definition) is 23. The number of imidazole rings is 3. The Kier molecular flexibility index (Phi) is 17.2. The lowest BCUT2D eigenvalue weighted by molar-refractivity contribution is 0.122. The number of pyridine rings is 1. The molecule has 0 amide bonds. The number of hydrogen-bond donors (Lipinski definition) is 6. The Balaban J connectivity index is 0.000000124. The molecule has 9 aromatic heterocycles. The molecular weight excluding hydrogens is 1230 g/mol. The van der Waals surface area contributed by atoms with Crippen LogP contribution in [0.2, 0.25) is 15.1 Å². The number of nitrogens with zero attached hydrogens (tertiary/aromatic N) is 18. The van der Waals surface area contributed by atoms with Crippen molar-refractivity contribution < 1.29 is 13.2 Å². The predicted octanol–water partition coefficient (Wildman–Crippen LogP) is 9.49. The van der Waals surface area contributed by atoms with E-state index in [1.807, 2.05) is 56.3 Å². The SMILES string of the molecule is C[C@H](Nc1ncnc2nc[nH]c12)c1cc2cccc(Cl)c2c(N2CCOCC2)n1.C[C@H](Nc1ncnc2nc[nH]c12)c1nc(N2CCCC2)c2c(Cl)cccc2n1.C[C@H](Nc1ncnc2nc[nH]c12)c1nc(N2CCN(S(C)(=O)=O)CC2)c2c(Cl)cccc2n1. The van der Waals surface area contributed by atoms with Crippen molar-refractivity contribution in [2.24, 2.45) is 0 Å². The van der Waals surface area contributed by atoms with Crippen molar-refractivity contribution in [2.75, 3.05) is 102 Å². The highest BCUT2D eigenvalue weighted by atomic mass is 35.5. The first kappa shape index (κ1) is 59.9. The summed E-state index contributed by atoms with van der Waals surface area (Å²) in [5, 5.41) is 15.8. The van der Waals surface area contributed by atoms with Gasteiger partial charge >= 0.3 is 0 Å². The van der Waals surface area contributed by atoms with Crippen molar-refractivity contribution in [3.05, 3.63) is 131 Å². The minimum absolute atomic E-state index is 0.0837. The molecule has 0 spiro atoms. The van der Waals surface area contributed by atoms with Crippen molar-refractivity contribution in [1.29, 1.82) is 0 Å². The first-order valence-electron chi connectivity index (χ1n) is 29.2. The summed E-state index contributed by atoms with van der Waals surface area (Å²) in [5.74, 6) is 5.73.